The summed E-state index contributed by atoms with van der Waals surface area (Å²) in [5.41, 5.74) is 6.32. The molecule has 2 aliphatic rings. The molecule has 2 fully saturated rings. The van der Waals surface area contributed by atoms with Crippen LogP contribution in [-0.2, 0) is 6.42 Å². The Bertz CT molecular complexity index is 927. The Morgan fingerprint density at radius 1 is 0.571 bits per heavy atom. The Labute approximate surface area is 216 Å². The molecule has 2 atom stereocenters. The molecule has 192 valence electrons. The molecule has 35 heavy (non-hydrogen) atoms. The summed E-state index contributed by atoms with van der Waals surface area (Å²) >= 11 is 0. The van der Waals surface area contributed by atoms with Crippen LogP contribution in [0.25, 0.3) is 0 Å². The fourth-order valence-electron chi connectivity index (χ4n) is 6.55. The average molecular weight is 475 g/mol. The molecule has 0 N–H and O–H groups in total. The summed E-state index contributed by atoms with van der Waals surface area (Å²) in [6, 6.07) is 18.7. The lowest BCUT2D eigenvalue weighted by molar-refractivity contribution is 0.0747. The Hall–Kier alpha value is -1.96. The van der Waals surface area contributed by atoms with Crippen LogP contribution in [0.4, 0.5) is 11.4 Å². The Morgan fingerprint density at radius 3 is 1.20 bits per heavy atom. The van der Waals surface area contributed by atoms with Crippen molar-refractivity contribution in [1.82, 2.24) is 0 Å². The summed E-state index contributed by atoms with van der Waals surface area (Å²) < 4.78 is 0. The summed E-state index contributed by atoms with van der Waals surface area (Å²) in [5, 5.41) is 0. The molecule has 2 aromatic rings. The van der Waals surface area contributed by atoms with Gasteiger partial charge in [-0.05, 0) is 105 Å². The molecule has 0 bridgehead atoms. The van der Waals surface area contributed by atoms with Gasteiger partial charge < -0.3 is 9.80 Å². The summed E-state index contributed by atoms with van der Waals surface area (Å²) in [4.78, 5) is 5.27. The van der Waals surface area contributed by atoms with Gasteiger partial charge in [-0.2, -0.15) is 0 Å². The largest absolute Gasteiger partial charge is 0.366 e. The Balaban J connectivity index is 1.47. The first-order valence-electron chi connectivity index (χ1n) is 13.9. The summed E-state index contributed by atoms with van der Waals surface area (Å²) in [5.74, 6) is 1.47. The van der Waals surface area contributed by atoms with Gasteiger partial charge in [-0.25, -0.2) is 0 Å². The minimum absolute atomic E-state index is 0.136. The van der Waals surface area contributed by atoms with Crippen LogP contribution in [0.2, 0.25) is 0 Å². The second-order valence-corrected chi connectivity index (χ2v) is 13.8. The standard InChI is InChI=1S/C33H50N2/c1-24-19-21-34(32(7,8)30(24,3)4)28-15-11-26(12-16-28)23-27-13-17-29(18-14-27)35-22-20-25(2)31(5,6)33(35,9)10/h11-18,24-25H,19-23H2,1-10H3. The number of hydrogen-bond acceptors (Lipinski definition) is 2. The van der Waals surface area contributed by atoms with Crippen molar-refractivity contribution in [3.05, 3.63) is 59.7 Å². The van der Waals surface area contributed by atoms with Gasteiger partial charge in [0.05, 0.1) is 0 Å². The van der Waals surface area contributed by atoms with E-state index in [1.807, 2.05) is 0 Å². The van der Waals surface area contributed by atoms with Crippen molar-refractivity contribution in [3.8, 4) is 0 Å². The van der Waals surface area contributed by atoms with E-state index in [1.165, 1.54) is 35.3 Å². The molecule has 0 amide bonds. The number of benzene rings is 2. The zero-order valence-electron chi connectivity index (χ0n) is 24.2. The van der Waals surface area contributed by atoms with E-state index in [2.05, 4.69) is 128 Å². The fourth-order valence-corrected chi connectivity index (χ4v) is 6.55. The first-order chi connectivity index (χ1) is 16.2. The molecular formula is C33H50N2. The van der Waals surface area contributed by atoms with E-state index in [0.29, 0.717) is 0 Å². The molecule has 2 aromatic carbocycles. The van der Waals surface area contributed by atoms with Crippen LogP contribution in [-0.4, -0.2) is 24.2 Å². The lowest BCUT2D eigenvalue weighted by Crippen LogP contribution is -2.61. The van der Waals surface area contributed by atoms with Gasteiger partial charge in [0.2, 0.25) is 0 Å². The van der Waals surface area contributed by atoms with Crippen LogP contribution in [0, 0.1) is 22.7 Å². The lowest BCUT2D eigenvalue weighted by atomic mass is 9.62. The summed E-state index contributed by atoms with van der Waals surface area (Å²) in [6.07, 6.45) is 3.50. The van der Waals surface area contributed by atoms with Crippen molar-refractivity contribution < 1.29 is 0 Å². The lowest BCUT2D eigenvalue weighted by Gasteiger charge is -2.57. The Morgan fingerprint density at radius 2 is 0.886 bits per heavy atom. The first kappa shape index (κ1) is 26.1. The molecule has 2 heteroatoms. The monoisotopic (exact) mass is 474 g/mol. The molecule has 0 aromatic heterocycles. The molecule has 4 rings (SSSR count). The molecule has 2 nitrogen and oxygen atoms in total. The van der Waals surface area contributed by atoms with Crippen molar-refractivity contribution in [2.24, 2.45) is 22.7 Å². The van der Waals surface area contributed by atoms with Crippen molar-refractivity contribution in [2.45, 2.75) is 99.6 Å². The van der Waals surface area contributed by atoms with Gasteiger partial charge in [-0.1, -0.05) is 65.8 Å². The normalized spacial score (nSPS) is 27.0. The van der Waals surface area contributed by atoms with Gasteiger partial charge in [-0.15, -0.1) is 0 Å². The third kappa shape index (κ3) is 4.30. The van der Waals surface area contributed by atoms with Crippen LogP contribution < -0.4 is 9.80 Å². The number of hydrogen-bond donors (Lipinski definition) is 0. The first-order valence-corrected chi connectivity index (χ1v) is 13.9. The van der Waals surface area contributed by atoms with Crippen LogP contribution in [0.1, 0.15) is 93.2 Å². The van der Waals surface area contributed by atoms with E-state index >= 15 is 0 Å². The van der Waals surface area contributed by atoms with E-state index in [4.69, 9.17) is 0 Å². The topological polar surface area (TPSA) is 6.48 Å². The Kier molecular flexibility index (Phi) is 6.61. The zero-order chi connectivity index (χ0) is 25.8. The van der Waals surface area contributed by atoms with Gasteiger partial charge in [0.1, 0.15) is 0 Å². The van der Waals surface area contributed by atoms with Crippen molar-refractivity contribution in [1.29, 1.82) is 0 Å². The van der Waals surface area contributed by atoms with Gasteiger partial charge in [0.15, 0.2) is 0 Å². The molecule has 2 unspecified atom stereocenters. The van der Waals surface area contributed by atoms with Crippen molar-refractivity contribution >= 4 is 11.4 Å². The van der Waals surface area contributed by atoms with E-state index in [1.54, 1.807) is 0 Å². The van der Waals surface area contributed by atoms with Crippen molar-refractivity contribution in [2.75, 3.05) is 22.9 Å². The van der Waals surface area contributed by atoms with Crippen molar-refractivity contribution in [3.63, 3.8) is 0 Å². The number of piperidine rings is 2. The molecular weight excluding hydrogens is 424 g/mol. The maximum atomic E-state index is 2.63. The second kappa shape index (κ2) is 8.86. The highest BCUT2D eigenvalue weighted by molar-refractivity contribution is 5.54. The predicted molar refractivity (Wildman–Crippen MR) is 154 cm³/mol. The van der Waals surface area contributed by atoms with E-state index in [0.717, 1.165) is 31.3 Å². The molecule has 0 saturated carbocycles. The van der Waals surface area contributed by atoms with E-state index in [-0.39, 0.29) is 21.9 Å². The maximum Gasteiger partial charge on any atom is 0.0399 e. The van der Waals surface area contributed by atoms with Crippen LogP contribution in [0.3, 0.4) is 0 Å². The quantitative estimate of drug-likeness (QED) is 0.438. The minimum Gasteiger partial charge on any atom is -0.366 e. The molecule has 2 heterocycles. The highest BCUT2D eigenvalue weighted by Gasteiger charge is 2.49. The third-order valence-electron chi connectivity index (χ3n) is 11.4. The van der Waals surface area contributed by atoms with Gasteiger partial charge in [-0.3, -0.25) is 0 Å². The van der Waals surface area contributed by atoms with Crippen LogP contribution in [0.5, 0.6) is 0 Å². The maximum absolute atomic E-state index is 2.63. The summed E-state index contributed by atoms with van der Waals surface area (Å²) in [7, 11) is 0. The predicted octanol–water partition coefficient (Wildman–Crippen LogP) is 8.58. The zero-order valence-corrected chi connectivity index (χ0v) is 24.2. The van der Waals surface area contributed by atoms with E-state index in [9.17, 15) is 0 Å². The molecule has 0 aliphatic carbocycles. The van der Waals surface area contributed by atoms with Gasteiger partial charge in [0.25, 0.3) is 0 Å². The minimum atomic E-state index is 0.136. The third-order valence-corrected chi connectivity index (χ3v) is 11.4. The summed E-state index contributed by atoms with van der Waals surface area (Å²) in [6.45, 7) is 26.6. The number of anilines is 2. The second-order valence-electron chi connectivity index (χ2n) is 13.8. The number of rotatable bonds is 4. The van der Waals surface area contributed by atoms with Gasteiger partial charge >= 0.3 is 0 Å². The highest BCUT2D eigenvalue weighted by Crippen LogP contribution is 2.49. The SMILES string of the molecule is CC1CCN(c2ccc(Cc3ccc(N4CCC(C)C(C)(C)C4(C)C)cc3)cc2)C(C)(C)C1(C)C. The van der Waals surface area contributed by atoms with E-state index < -0.39 is 0 Å². The number of nitrogens with zero attached hydrogens (tertiary/aromatic N) is 2. The van der Waals surface area contributed by atoms with Crippen LogP contribution >= 0.6 is 0 Å². The molecule has 0 radical (unpaired) electrons. The fraction of sp³-hybridized carbons (Fsp3) is 0.636. The molecule has 2 aliphatic heterocycles. The smallest absolute Gasteiger partial charge is 0.0399 e. The molecule has 0 spiro atoms. The van der Waals surface area contributed by atoms with Gasteiger partial charge in [0, 0.05) is 35.5 Å². The highest BCUT2D eigenvalue weighted by atomic mass is 15.2. The van der Waals surface area contributed by atoms with Crippen LogP contribution in [0.15, 0.2) is 48.5 Å². The average Bonchev–Trinajstić information content (AvgIpc) is 2.79. The molecule has 2 saturated heterocycles.